The molecule has 1 amide bonds. The number of hydrogen-bond acceptors (Lipinski definition) is 6. The van der Waals surface area contributed by atoms with Crippen molar-refractivity contribution in [1.82, 2.24) is 24.8 Å². The lowest BCUT2D eigenvalue weighted by atomic mass is 9.83. The molecule has 4 heterocycles. The number of aromatic nitrogens is 4. The van der Waals surface area contributed by atoms with Crippen molar-refractivity contribution < 1.29 is 9.53 Å². The fraction of sp³-hybridized carbons (Fsp3) is 0.520. The third-order valence-corrected chi connectivity index (χ3v) is 7.22. The Bertz CT molecular complexity index is 1180. The number of nitrogens with zero attached hydrogens (tertiary/aromatic N) is 5. The maximum atomic E-state index is 12.6. The van der Waals surface area contributed by atoms with Crippen molar-refractivity contribution in [2.75, 3.05) is 38.3 Å². The van der Waals surface area contributed by atoms with Crippen LogP contribution in [0, 0.1) is 11.8 Å². The SMILES string of the molecule is CNC(=O)c1cc2nc(N3CCOCC3)n(CC3CCC(C)CC3)c2c(-c2cncc(Cl)c2)n1. The zero-order valence-electron chi connectivity index (χ0n) is 19.8. The number of hydrogen-bond donors (Lipinski definition) is 1. The minimum absolute atomic E-state index is 0.248. The van der Waals surface area contributed by atoms with E-state index in [0.717, 1.165) is 48.1 Å². The molecule has 1 aliphatic carbocycles. The Morgan fingerprint density at radius 1 is 1.15 bits per heavy atom. The van der Waals surface area contributed by atoms with Crippen LogP contribution in [0.4, 0.5) is 5.95 Å². The quantitative estimate of drug-likeness (QED) is 0.587. The fourth-order valence-corrected chi connectivity index (χ4v) is 5.25. The topological polar surface area (TPSA) is 85.2 Å². The van der Waals surface area contributed by atoms with Crippen molar-refractivity contribution in [2.24, 2.45) is 11.8 Å². The summed E-state index contributed by atoms with van der Waals surface area (Å²) in [5.74, 6) is 2.04. The van der Waals surface area contributed by atoms with E-state index in [4.69, 9.17) is 26.3 Å². The lowest BCUT2D eigenvalue weighted by molar-refractivity contribution is 0.0958. The molecule has 34 heavy (non-hydrogen) atoms. The number of imidazole rings is 1. The smallest absolute Gasteiger partial charge is 0.269 e. The van der Waals surface area contributed by atoms with Crippen molar-refractivity contribution in [1.29, 1.82) is 0 Å². The third-order valence-electron chi connectivity index (χ3n) is 7.01. The number of ether oxygens (including phenoxy) is 1. The molecule has 0 aromatic carbocycles. The molecule has 3 aromatic rings. The van der Waals surface area contributed by atoms with Crippen LogP contribution in [0.25, 0.3) is 22.3 Å². The summed E-state index contributed by atoms with van der Waals surface area (Å²) in [7, 11) is 1.61. The normalized spacial score (nSPS) is 21.1. The summed E-state index contributed by atoms with van der Waals surface area (Å²) >= 11 is 6.30. The van der Waals surface area contributed by atoms with Gasteiger partial charge in [0, 0.05) is 44.6 Å². The number of pyridine rings is 2. The van der Waals surface area contributed by atoms with Crippen LogP contribution >= 0.6 is 11.6 Å². The number of morpholine rings is 1. The van der Waals surface area contributed by atoms with Crippen LogP contribution in [0.3, 0.4) is 0 Å². The van der Waals surface area contributed by atoms with Crippen LogP contribution in [0.1, 0.15) is 43.1 Å². The zero-order chi connectivity index (χ0) is 23.7. The minimum atomic E-state index is -0.248. The van der Waals surface area contributed by atoms with Gasteiger partial charge in [-0.1, -0.05) is 31.4 Å². The number of halogens is 1. The number of carbonyl (C=O) groups excluding carboxylic acids is 1. The predicted molar refractivity (Wildman–Crippen MR) is 133 cm³/mol. The van der Waals surface area contributed by atoms with E-state index in [9.17, 15) is 4.79 Å². The highest BCUT2D eigenvalue weighted by Gasteiger charge is 2.27. The molecule has 1 saturated heterocycles. The molecule has 0 bridgehead atoms. The first-order chi connectivity index (χ1) is 16.5. The average molecular weight is 483 g/mol. The summed E-state index contributed by atoms with van der Waals surface area (Å²) in [5, 5.41) is 3.21. The van der Waals surface area contributed by atoms with Gasteiger partial charge in [-0.2, -0.15) is 0 Å². The number of rotatable bonds is 5. The second-order valence-corrected chi connectivity index (χ2v) is 9.88. The van der Waals surface area contributed by atoms with E-state index in [1.807, 2.05) is 6.07 Å². The van der Waals surface area contributed by atoms with Gasteiger partial charge in [-0.15, -0.1) is 0 Å². The van der Waals surface area contributed by atoms with Crippen LogP contribution in [0.2, 0.25) is 5.02 Å². The molecule has 0 spiro atoms. The van der Waals surface area contributed by atoms with E-state index in [2.05, 4.69) is 26.7 Å². The molecule has 1 saturated carbocycles. The third kappa shape index (κ3) is 4.61. The van der Waals surface area contributed by atoms with Crippen molar-refractivity contribution in [3.8, 4) is 11.3 Å². The Morgan fingerprint density at radius 2 is 1.91 bits per heavy atom. The molecule has 2 fully saturated rings. The molecule has 2 aliphatic rings. The highest BCUT2D eigenvalue weighted by molar-refractivity contribution is 6.30. The fourth-order valence-electron chi connectivity index (χ4n) is 5.08. The Balaban J connectivity index is 1.70. The van der Waals surface area contributed by atoms with Crippen LogP contribution in [-0.2, 0) is 11.3 Å². The molecular weight excluding hydrogens is 452 g/mol. The Kier molecular flexibility index (Phi) is 6.70. The van der Waals surface area contributed by atoms with E-state index in [1.54, 1.807) is 25.5 Å². The standard InChI is InChI=1S/C25H31ClN6O2/c1-16-3-5-17(6-4-16)15-32-23-20(30-25(32)31-7-9-34-10-8-31)12-21(24(33)27-2)29-22(23)18-11-19(26)14-28-13-18/h11-14,16-17H,3-10,15H2,1-2H3,(H,27,33). The molecule has 8 nitrogen and oxygen atoms in total. The van der Waals surface area contributed by atoms with Crippen molar-refractivity contribution in [3.05, 3.63) is 35.2 Å². The number of fused-ring (bicyclic) bond motifs is 1. The average Bonchev–Trinajstić information content (AvgIpc) is 3.23. The summed E-state index contributed by atoms with van der Waals surface area (Å²) in [4.78, 5) is 29.0. The molecule has 1 aliphatic heterocycles. The van der Waals surface area contributed by atoms with Crippen molar-refractivity contribution in [2.45, 2.75) is 39.2 Å². The van der Waals surface area contributed by atoms with Crippen LogP contribution in [-0.4, -0.2) is 58.8 Å². The van der Waals surface area contributed by atoms with Crippen LogP contribution < -0.4 is 10.2 Å². The number of amides is 1. The molecule has 180 valence electrons. The predicted octanol–water partition coefficient (Wildman–Crippen LogP) is 4.17. The first kappa shape index (κ1) is 23.1. The van der Waals surface area contributed by atoms with E-state index in [-0.39, 0.29) is 5.91 Å². The lowest BCUT2D eigenvalue weighted by Crippen LogP contribution is -2.38. The molecule has 5 rings (SSSR count). The molecule has 1 N–H and O–H groups in total. The lowest BCUT2D eigenvalue weighted by Gasteiger charge is -2.31. The molecule has 0 unspecified atom stereocenters. The number of anilines is 1. The number of carbonyl (C=O) groups is 1. The maximum Gasteiger partial charge on any atom is 0.269 e. The summed E-state index contributed by atoms with van der Waals surface area (Å²) in [6.45, 7) is 6.14. The van der Waals surface area contributed by atoms with Gasteiger partial charge in [-0.25, -0.2) is 9.97 Å². The van der Waals surface area contributed by atoms with Gasteiger partial charge in [0.15, 0.2) is 0 Å². The largest absolute Gasteiger partial charge is 0.378 e. The summed E-state index contributed by atoms with van der Waals surface area (Å²) < 4.78 is 7.92. The summed E-state index contributed by atoms with van der Waals surface area (Å²) in [6, 6.07) is 3.64. The molecule has 3 aromatic heterocycles. The highest BCUT2D eigenvalue weighted by Crippen LogP contribution is 2.36. The van der Waals surface area contributed by atoms with Crippen LogP contribution in [0.5, 0.6) is 0 Å². The van der Waals surface area contributed by atoms with Gasteiger partial charge in [-0.05, 0) is 36.8 Å². The second kappa shape index (κ2) is 9.88. The number of nitrogens with one attached hydrogen (secondary N) is 1. The van der Waals surface area contributed by atoms with Gasteiger partial charge >= 0.3 is 0 Å². The van der Waals surface area contributed by atoms with Gasteiger partial charge < -0.3 is 19.5 Å². The molecule has 0 radical (unpaired) electrons. The van der Waals surface area contributed by atoms with Crippen LogP contribution in [0.15, 0.2) is 24.5 Å². The monoisotopic (exact) mass is 482 g/mol. The van der Waals surface area contributed by atoms with Gasteiger partial charge in [0.2, 0.25) is 5.95 Å². The van der Waals surface area contributed by atoms with Gasteiger partial charge in [0.1, 0.15) is 5.69 Å². The molecule has 9 heteroatoms. The minimum Gasteiger partial charge on any atom is -0.378 e. The van der Waals surface area contributed by atoms with Gasteiger partial charge in [0.05, 0.1) is 35.0 Å². The summed E-state index contributed by atoms with van der Waals surface area (Å²) in [6.07, 6.45) is 8.28. The van der Waals surface area contributed by atoms with Gasteiger partial charge in [0.25, 0.3) is 5.91 Å². The van der Waals surface area contributed by atoms with E-state index in [0.29, 0.717) is 35.5 Å². The van der Waals surface area contributed by atoms with E-state index >= 15 is 0 Å². The summed E-state index contributed by atoms with van der Waals surface area (Å²) in [5.41, 5.74) is 3.47. The Hall–Kier alpha value is -2.71. The van der Waals surface area contributed by atoms with E-state index < -0.39 is 0 Å². The molecule has 0 atom stereocenters. The first-order valence-electron chi connectivity index (χ1n) is 12.1. The van der Waals surface area contributed by atoms with E-state index in [1.165, 1.54) is 25.7 Å². The van der Waals surface area contributed by atoms with Crippen molar-refractivity contribution in [3.63, 3.8) is 0 Å². The zero-order valence-corrected chi connectivity index (χ0v) is 20.5. The molecular formula is C25H31ClN6O2. The Labute approximate surface area is 204 Å². The van der Waals surface area contributed by atoms with Gasteiger partial charge in [-0.3, -0.25) is 9.78 Å². The maximum absolute atomic E-state index is 12.6. The van der Waals surface area contributed by atoms with Crippen molar-refractivity contribution >= 4 is 34.5 Å². The Morgan fingerprint density at radius 3 is 2.62 bits per heavy atom. The first-order valence-corrected chi connectivity index (χ1v) is 12.5. The highest BCUT2D eigenvalue weighted by atomic mass is 35.5. The second-order valence-electron chi connectivity index (χ2n) is 9.44.